The zero-order valence-electron chi connectivity index (χ0n) is 9.45. The second-order valence-electron chi connectivity index (χ2n) is 3.73. The predicted molar refractivity (Wildman–Crippen MR) is 67.4 cm³/mol. The highest BCUT2D eigenvalue weighted by Gasteiger charge is 2.12. The molecule has 0 aliphatic carbocycles. The van der Waals surface area contributed by atoms with Gasteiger partial charge in [-0.05, 0) is 12.1 Å². The van der Waals surface area contributed by atoms with Gasteiger partial charge in [-0.2, -0.15) is 4.98 Å². The minimum atomic E-state index is 0.374. The van der Waals surface area contributed by atoms with E-state index in [1.807, 2.05) is 30.3 Å². The molecule has 5 nitrogen and oxygen atoms in total. The van der Waals surface area contributed by atoms with E-state index in [-0.39, 0.29) is 0 Å². The monoisotopic (exact) mass is 238 g/mol. The molecule has 0 fully saturated rings. The number of nitrogen functional groups attached to an aromatic ring is 1. The standard InChI is InChI=1S/C13H10N4O/c14-11-10(7-4-8-15-11)13-16-12(17-18-13)9-5-2-1-3-6-9/h1-8H,(H2,14,15). The average Bonchev–Trinajstić information content (AvgIpc) is 2.90. The number of hydrogen-bond acceptors (Lipinski definition) is 5. The maximum absolute atomic E-state index is 5.76. The molecule has 0 saturated carbocycles. The first kappa shape index (κ1) is 10.5. The van der Waals surface area contributed by atoms with Crippen LogP contribution in [0.2, 0.25) is 0 Å². The van der Waals surface area contributed by atoms with Crippen molar-refractivity contribution in [3.05, 3.63) is 48.7 Å². The first-order valence-corrected chi connectivity index (χ1v) is 5.44. The van der Waals surface area contributed by atoms with Crippen molar-refractivity contribution in [2.45, 2.75) is 0 Å². The van der Waals surface area contributed by atoms with Gasteiger partial charge in [0.1, 0.15) is 5.82 Å². The molecule has 0 radical (unpaired) electrons. The molecular weight excluding hydrogens is 228 g/mol. The van der Waals surface area contributed by atoms with Gasteiger partial charge >= 0.3 is 0 Å². The van der Waals surface area contributed by atoms with Crippen molar-refractivity contribution in [1.29, 1.82) is 0 Å². The zero-order chi connectivity index (χ0) is 12.4. The normalized spacial score (nSPS) is 10.4. The van der Waals surface area contributed by atoms with Crippen molar-refractivity contribution < 1.29 is 4.52 Å². The van der Waals surface area contributed by atoms with Gasteiger partial charge in [0.25, 0.3) is 5.89 Å². The fourth-order valence-electron chi connectivity index (χ4n) is 1.64. The molecular formula is C13H10N4O. The fraction of sp³-hybridized carbons (Fsp3) is 0. The summed E-state index contributed by atoms with van der Waals surface area (Å²) in [5.74, 6) is 1.29. The third kappa shape index (κ3) is 1.82. The molecule has 2 aromatic heterocycles. The minimum Gasteiger partial charge on any atom is -0.383 e. The van der Waals surface area contributed by atoms with Gasteiger partial charge in [0.2, 0.25) is 5.82 Å². The van der Waals surface area contributed by atoms with Crippen molar-refractivity contribution >= 4 is 5.82 Å². The Labute approximate surface area is 103 Å². The summed E-state index contributed by atoms with van der Waals surface area (Å²) in [6.07, 6.45) is 1.62. The summed E-state index contributed by atoms with van der Waals surface area (Å²) >= 11 is 0. The number of benzene rings is 1. The van der Waals surface area contributed by atoms with E-state index in [1.165, 1.54) is 0 Å². The lowest BCUT2D eigenvalue weighted by molar-refractivity contribution is 0.432. The molecule has 3 aromatic rings. The quantitative estimate of drug-likeness (QED) is 0.741. The molecule has 0 spiro atoms. The Hall–Kier alpha value is -2.69. The zero-order valence-corrected chi connectivity index (χ0v) is 9.45. The summed E-state index contributed by atoms with van der Waals surface area (Å²) in [7, 11) is 0. The lowest BCUT2D eigenvalue weighted by Gasteiger charge is -1.96. The molecule has 88 valence electrons. The molecule has 0 saturated heterocycles. The second kappa shape index (κ2) is 4.29. The van der Waals surface area contributed by atoms with Gasteiger partial charge in [-0.1, -0.05) is 35.5 Å². The van der Waals surface area contributed by atoms with E-state index >= 15 is 0 Å². The number of nitrogens with two attached hydrogens (primary N) is 1. The summed E-state index contributed by atoms with van der Waals surface area (Å²) in [6.45, 7) is 0. The van der Waals surface area contributed by atoms with Crippen LogP contribution in [0.25, 0.3) is 22.8 Å². The molecule has 0 amide bonds. The molecule has 2 N–H and O–H groups in total. The topological polar surface area (TPSA) is 77.8 Å². The molecule has 18 heavy (non-hydrogen) atoms. The summed E-state index contributed by atoms with van der Waals surface area (Å²) < 4.78 is 5.20. The van der Waals surface area contributed by atoms with Gasteiger partial charge in [0.15, 0.2) is 0 Å². The van der Waals surface area contributed by atoms with Gasteiger partial charge in [-0.15, -0.1) is 0 Å². The molecule has 0 aliphatic rings. The Kier molecular flexibility index (Phi) is 2.49. The van der Waals surface area contributed by atoms with Crippen LogP contribution in [0.4, 0.5) is 5.82 Å². The van der Waals surface area contributed by atoms with E-state index in [0.29, 0.717) is 23.1 Å². The summed E-state index contributed by atoms with van der Waals surface area (Å²) in [4.78, 5) is 8.30. The SMILES string of the molecule is Nc1ncccc1-c1nc(-c2ccccc2)no1. The van der Waals surface area contributed by atoms with E-state index in [9.17, 15) is 0 Å². The molecule has 0 unspecified atom stereocenters. The van der Waals surface area contributed by atoms with E-state index in [4.69, 9.17) is 10.3 Å². The van der Waals surface area contributed by atoms with Crippen LogP contribution in [-0.2, 0) is 0 Å². The van der Waals surface area contributed by atoms with Gasteiger partial charge in [0.05, 0.1) is 5.56 Å². The van der Waals surface area contributed by atoms with E-state index < -0.39 is 0 Å². The van der Waals surface area contributed by atoms with E-state index in [2.05, 4.69) is 15.1 Å². The largest absolute Gasteiger partial charge is 0.383 e. The van der Waals surface area contributed by atoms with Crippen LogP contribution in [0.1, 0.15) is 0 Å². The Bertz CT molecular complexity index is 664. The van der Waals surface area contributed by atoms with Gasteiger partial charge in [-0.25, -0.2) is 4.98 Å². The minimum absolute atomic E-state index is 0.374. The van der Waals surface area contributed by atoms with Crippen LogP contribution < -0.4 is 5.73 Å². The summed E-state index contributed by atoms with van der Waals surface area (Å²) in [5, 5.41) is 3.93. The van der Waals surface area contributed by atoms with Crippen LogP contribution in [0.5, 0.6) is 0 Å². The van der Waals surface area contributed by atoms with Crippen LogP contribution in [0.15, 0.2) is 53.2 Å². The van der Waals surface area contributed by atoms with Crippen LogP contribution in [0, 0.1) is 0 Å². The van der Waals surface area contributed by atoms with Crippen molar-refractivity contribution in [1.82, 2.24) is 15.1 Å². The molecule has 0 bridgehead atoms. The number of pyridine rings is 1. The van der Waals surface area contributed by atoms with Gasteiger partial charge in [-0.3, -0.25) is 0 Å². The first-order valence-electron chi connectivity index (χ1n) is 5.44. The maximum atomic E-state index is 5.76. The van der Waals surface area contributed by atoms with Crippen molar-refractivity contribution in [2.24, 2.45) is 0 Å². The van der Waals surface area contributed by atoms with Gasteiger partial charge < -0.3 is 10.3 Å². The van der Waals surface area contributed by atoms with E-state index in [0.717, 1.165) is 5.56 Å². The summed E-state index contributed by atoms with van der Waals surface area (Å²) in [5.41, 5.74) is 7.31. The molecule has 1 aromatic carbocycles. The first-order chi connectivity index (χ1) is 8.84. The van der Waals surface area contributed by atoms with Gasteiger partial charge in [0, 0.05) is 11.8 Å². The molecule has 3 rings (SSSR count). The van der Waals surface area contributed by atoms with Crippen LogP contribution >= 0.6 is 0 Å². The highest BCUT2D eigenvalue weighted by atomic mass is 16.5. The van der Waals surface area contributed by atoms with Crippen molar-refractivity contribution in [3.63, 3.8) is 0 Å². The predicted octanol–water partition coefficient (Wildman–Crippen LogP) is 2.38. The molecule has 0 aliphatic heterocycles. The number of hydrogen-bond donors (Lipinski definition) is 1. The van der Waals surface area contributed by atoms with E-state index in [1.54, 1.807) is 18.3 Å². The Morgan fingerprint density at radius 2 is 1.83 bits per heavy atom. The molecule has 5 heteroatoms. The lowest BCUT2D eigenvalue weighted by Crippen LogP contribution is -1.92. The number of anilines is 1. The van der Waals surface area contributed by atoms with Crippen LogP contribution in [0.3, 0.4) is 0 Å². The number of aromatic nitrogens is 3. The number of rotatable bonds is 2. The lowest BCUT2D eigenvalue weighted by atomic mass is 10.2. The molecule has 2 heterocycles. The average molecular weight is 238 g/mol. The Morgan fingerprint density at radius 3 is 2.61 bits per heavy atom. The Balaban J connectivity index is 2.03. The third-order valence-corrected chi connectivity index (χ3v) is 2.53. The molecule has 0 atom stereocenters. The Morgan fingerprint density at radius 1 is 1.00 bits per heavy atom. The third-order valence-electron chi connectivity index (χ3n) is 2.53. The smallest absolute Gasteiger partial charge is 0.261 e. The maximum Gasteiger partial charge on any atom is 0.261 e. The summed E-state index contributed by atoms with van der Waals surface area (Å²) in [6, 6.07) is 13.2. The highest BCUT2D eigenvalue weighted by Crippen LogP contribution is 2.24. The van der Waals surface area contributed by atoms with Crippen molar-refractivity contribution in [3.8, 4) is 22.8 Å². The number of nitrogens with zero attached hydrogens (tertiary/aromatic N) is 3. The van der Waals surface area contributed by atoms with Crippen LogP contribution in [-0.4, -0.2) is 15.1 Å². The second-order valence-corrected chi connectivity index (χ2v) is 3.73. The van der Waals surface area contributed by atoms with Crippen molar-refractivity contribution in [2.75, 3.05) is 5.73 Å². The fourth-order valence-corrected chi connectivity index (χ4v) is 1.64. The highest BCUT2D eigenvalue weighted by molar-refractivity contribution is 5.68.